The topological polar surface area (TPSA) is 38.7 Å². The Kier molecular flexibility index (Phi) is 4.39. The van der Waals surface area contributed by atoms with Gasteiger partial charge in [0.1, 0.15) is 0 Å². The Bertz CT molecular complexity index is 307. The van der Waals surface area contributed by atoms with Gasteiger partial charge in [0, 0.05) is 12.0 Å². The predicted molar refractivity (Wildman–Crippen MR) is 68.8 cm³/mol. The van der Waals surface area contributed by atoms with Crippen LogP contribution in [0.3, 0.4) is 0 Å². The predicted octanol–water partition coefficient (Wildman–Crippen LogP) is 2.88. The maximum atomic E-state index is 9.22. The lowest BCUT2D eigenvalue weighted by Gasteiger charge is -2.57. The average Bonchev–Trinajstić information content (AvgIpc) is 2.25. The van der Waals surface area contributed by atoms with Crippen LogP contribution in [0.4, 0.5) is 0 Å². The molecule has 3 heteroatoms. The Balaban J connectivity index is 2.76. The summed E-state index contributed by atoms with van der Waals surface area (Å²) < 4.78 is 11.5. The van der Waals surface area contributed by atoms with Crippen LogP contribution in [0.15, 0.2) is 11.1 Å². The lowest BCUT2D eigenvalue weighted by molar-refractivity contribution is -0.244. The molecular formula is C14H26O3. The van der Waals surface area contributed by atoms with Crippen molar-refractivity contribution in [3.05, 3.63) is 11.1 Å². The highest BCUT2D eigenvalue weighted by Gasteiger charge is 2.55. The second kappa shape index (κ2) is 5.09. The van der Waals surface area contributed by atoms with Crippen molar-refractivity contribution in [1.82, 2.24) is 0 Å². The Hall–Kier alpha value is -0.380. The number of ether oxygens (including phenoxy) is 2. The third-order valence-corrected chi connectivity index (χ3v) is 4.17. The minimum atomic E-state index is -0.201. The van der Waals surface area contributed by atoms with Crippen molar-refractivity contribution in [2.45, 2.75) is 59.9 Å². The Morgan fingerprint density at radius 2 is 2.00 bits per heavy atom. The minimum absolute atomic E-state index is 0.0365. The van der Waals surface area contributed by atoms with Gasteiger partial charge < -0.3 is 14.6 Å². The molecule has 3 nitrogen and oxygen atoms in total. The maximum absolute atomic E-state index is 9.22. The highest BCUT2D eigenvalue weighted by molar-refractivity contribution is 5.35. The molecular weight excluding hydrogens is 216 g/mol. The van der Waals surface area contributed by atoms with E-state index in [1.807, 2.05) is 20.8 Å². The molecule has 0 radical (unpaired) electrons. The van der Waals surface area contributed by atoms with Crippen LogP contribution in [-0.4, -0.2) is 30.2 Å². The maximum Gasteiger partial charge on any atom is 0.155 e. The van der Waals surface area contributed by atoms with Crippen molar-refractivity contribution in [2.24, 2.45) is 5.41 Å². The monoisotopic (exact) mass is 242 g/mol. The molecule has 1 rings (SSSR count). The van der Waals surface area contributed by atoms with Crippen molar-refractivity contribution in [3.63, 3.8) is 0 Å². The molecule has 0 aromatic rings. The van der Waals surface area contributed by atoms with E-state index in [9.17, 15) is 5.11 Å². The highest BCUT2D eigenvalue weighted by Crippen LogP contribution is 2.57. The molecule has 17 heavy (non-hydrogen) atoms. The molecule has 1 aliphatic carbocycles. The fourth-order valence-electron chi connectivity index (χ4n) is 2.60. The number of hydrogen-bond donors (Lipinski definition) is 1. The summed E-state index contributed by atoms with van der Waals surface area (Å²) in [6.07, 6.45) is 0.698. The first-order valence-corrected chi connectivity index (χ1v) is 6.38. The summed E-state index contributed by atoms with van der Waals surface area (Å²) in [5, 5.41) is 9.22. The van der Waals surface area contributed by atoms with Crippen LogP contribution in [0.5, 0.6) is 0 Å². The molecule has 0 aromatic heterocycles. The van der Waals surface area contributed by atoms with Gasteiger partial charge in [0.25, 0.3) is 0 Å². The largest absolute Gasteiger partial charge is 0.392 e. The lowest BCUT2D eigenvalue weighted by Crippen LogP contribution is -2.57. The third-order valence-electron chi connectivity index (χ3n) is 4.17. The van der Waals surface area contributed by atoms with Crippen molar-refractivity contribution in [2.75, 3.05) is 13.2 Å². The van der Waals surface area contributed by atoms with Crippen LogP contribution in [0.2, 0.25) is 0 Å². The van der Waals surface area contributed by atoms with Crippen LogP contribution >= 0.6 is 0 Å². The third kappa shape index (κ3) is 2.56. The van der Waals surface area contributed by atoms with Gasteiger partial charge >= 0.3 is 0 Å². The minimum Gasteiger partial charge on any atom is -0.392 e. The highest BCUT2D eigenvalue weighted by atomic mass is 16.7. The average molecular weight is 242 g/mol. The Morgan fingerprint density at radius 3 is 2.41 bits per heavy atom. The molecule has 0 aliphatic heterocycles. The number of hydrogen-bond acceptors (Lipinski definition) is 3. The standard InChI is InChI=1S/C14H26O3/c1-7-16-11(3)17-14(6)8-12(10(2)9-15)13(14,4)5/h11,15H,7-9H2,1-6H3/b12-10+. The molecule has 0 aromatic carbocycles. The van der Waals surface area contributed by atoms with Gasteiger partial charge in [-0.3, -0.25) is 0 Å². The molecule has 0 amide bonds. The van der Waals surface area contributed by atoms with Gasteiger partial charge in [-0.05, 0) is 39.7 Å². The number of rotatable bonds is 5. The quantitative estimate of drug-likeness (QED) is 0.595. The van der Waals surface area contributed by atoms with E-state index in [0.717, 1.165) is 12.0 Å². The summed E-state index contributed by atoms with van der Waals surface area (Å²) in [6.45, 7) is 13.2. The van der Waals surface area contributed by atoms with E-state index in [0.29, 0.717) is 6.61 Å². The molecule has 1 saturated carbocycles. The van der Waals surface area contributed by atoms with Crippen LogP contribution in [0.1, 0.15) is 48.0 Å². The summed E-state index contributed by atoms with van der Waals surface area (Å²) in [4.78, 5) is 0. The van der Waals surface area contributed by atoms with E-state index in [1.54, 1.807) is 0 Å². The van der Waals surface area contributed by atoms with Gasteiger partial charge in [-0.15, -0.1) is 0 Å². The zero-order chi connectivity index (χ0) is 13.3. The van der Waals surface area contributed by atoms with Gasteiger partial charge in [0.05, 0.1) is 12.2 Å². The van der Waals surface area contributed by atoms with Crippen LogP contribution in [-0.2, 0) is 9.47 Å². The zero-order valence-electron chi connectivity index (χ0n) is 12.0. The summed E-state index contributed by atoms with van der Waals surface area (Å²) in [5.41, 5.74) is 2.14. The molecule has 2 atom stereocenters. The fraction of sp³-hybridized carbons (Fsp3) is 0.857. The van der Waals surface area contributed by atoms with Crippen molar-refractivity contribution >= 4 is 0 Å². The molecule has 0 spiro atoms. The first-order chi connectivity index (χ1) is 7.78. The van der Waals surface area contributed by atoms with E-state index >= 15 is 0 Å². The normalized spacial score (nSPS) is 31.9. The summed E-state index contributed by atoms with van der Waals surface area (Å²) >= 11 is 0. The van der Waals surface area contributed by atoms with Crippen molar-refractivity contribution in [1.29, 1.82) is 0 Å². The molecule has 1 N–H and O–H groups in total. The zero-order valence-corrected chi connectivity index (χ0v) is 12.0. The van der Waals surface area contributed by atoms with E-state index in [-0.39, 0.29) is 23.9 Å². The molecule has 1 aliphatic rings. The number of aliphatic hydroxyl groups excluding tert-OH is 1. The molecule has 2 unspecified atom stereocenters. The summed E-state index contributed by atoms with van der Waals surface area (Å²) in [7, 11) is 0. The fourth-order valence-corrected chi connectivity index (χ4v) is 2.60. The SMILES string of the molecule is CCOC(C)OC1(C)C/C(=C(/C)CO)C1(C)C. The molecule has 1 fully saturated rings. The molecule has 0 saturated heterocycles. The second-order valence-corrected chi connectivity index (χ2v) is 5.59. The van der Waals surface area contributed by atoms with Crippen molar-refractivity contribution in [3.8, 4) is 0 Å². The lowest BCUT2D eigenvalue weighted by atomic mass is 9.55. The van der Waals surface area contributed by atoms with E-state index in [1.165, 1.54) is 5.57 Å². The molecule has 0 heterocycles. The van der Waals surface area contributed by atoms with Crippen LogP contribution < -0.4 is 0 Å². The van der Waals surface area contributed by atoms with E-state index < -0.39 is 0 Å². The van der Waals surface area contributed by atoms with E-state index in [4.69, 9.17) is 9.47 Å². The van der Waals surface area contributed by atoms with Crippen LogP contribution in [0.25, 0.3) is 0 Å². The first kappa shape index (κ1) is 14.7. The van der Waals surface area contributed by atoms with Gasteiger partial charge in [-0.1, -0.05) is 19.4 Å². The first-order valence-electron chi connectivity index (χ1n) is 6.38. The molecule has 0 bridgehead atoms. The van der Waals surface area contributed by atoms with Gasteiger partial charge in [0.15, 0.2) is 6.29 Å². The number of aliphatic hydroxyl groups is 1. The van der Waals surface area contributed by atoms with Gasteiger partial charge in [0.2, 0.25) is 0 Å². The summed E-state index contributed by atoms with van der Waals surface area (Å²) in [5.74, 6) is 0. The van der Waals surface area contributed by atoms with Crippen molar-refractivity contribution < 1.29 is 14.6 Å². The molecule has 100 valence electrons. The van der Waals surface area contributed by atoms with E-state index in [2.05, 4.69) is 20.8 Å². The van der Waals surface area contributed by atoms with Gasteiger partial charge in [-0.2, -0.15) is 0 Å². The second-order valence-electron chi connectivity index (χ2n) is 5.59. The van der Waals surface area contributed by atoms with Gasteiger partial charge in [-0.25, -0.2) is 0 Å². The smallest absolute Gasteiger partial charge is 0.155 e. The van der Waals surface area contributed by atoms with Crippen LogP contribution in [0, 0.1) is 5.41 Å². The Morgan fingerprint density at radius 1 is 1.41 bits per heavy atom. The Labute approximate surface area is 105 Å². The summed E-state index contributed by atoms with van der Waals surface area (Å²) in [6, 6.07) is 0.